The zero-order valence-electron chi connectivity index (χ0n) is 14.7. The Kier molecular flexibility index (Phi) is 10.1. The maximum absolute atomic E-state index is 12.6. The van der Waals surface area contributed by atoms with Crippen molar-refractivity contribution in [2.24, 2.45) is 5.92 Å². The van der Waals surface area contributed by atoms with Gasteiger partial charge in [0.05, 0.1) is 11.5 Å². The van der Waals surface area contributed by atoms with Crippen molar-refractivity contribution in [2.45, 2.75) is 69.7 Å². The number of aliphatic hydroxyl groups is 1. The van der Waals surface area contributed by atoms with E-state index in [9.17, 15) is 13.5 Å². The molecule has 0 bridgehead atoms. The Bertz CT molecular complexity index is 560. The van der Waals surface area contributed by atoms with Gasteiger partial charge in [-0.05, 0) is 43.0 Å². The van der Waals surface area contributed by atoms with Crippen LogP contribution in [0.15, 0.2) is 33.6 Å². The fourth-order valence-electron chi connectivity index (χ4n) is 2.91. The van der Waals surface area contributed by atoms with Crippen molar-refractivity contribution in [3.05, 3.63) is 28.7 Å². The highest BCUT2D eigenvalue weighted by Gasteiger charge is 2.26. The second kappa shape index (κ2) is 11.2. The third-order valence-corrected chi connectivity index (χ3v) is 6.32. The summed E-state index contributed by atoms with van der Waals surface area (Å²) in [5.74, 6) is 0.169. The Morgan fingerprint density at radius 2 is 1.71 bits per heavy atom. The van der Waals surface area contributed by atoms with E-state index in [1.807, 2.05) is 0 Å². The van der Waals surface area contributed by atoms with Crippen LogP contribution in [0.3, 0.4) is 0 Å². The molecule has 0 heterocycles. The van der Waals surface area contributed by atoms with E-state index in [1.54, 1.807) is 24.3 Å². The van der Waals surface area contributed by atoms with E-state index in [-0.39, 0.29) is 17.4 Å². The van der Waals surface area contributed by atoms with Crippen LogP contribution in [0, 0.1) is 5.92 Å². The number of aliphatic hydroxyl groups excluding tert-OH is 1. The summed E-state index contributed by atoms with van der Waals surface area (Å²) in [7, 11) is -3.62. The molecule has 2 unspecified atom stereocenters. The first-order valence-electron chi connectivity index (χ1n) is 8.83. The summed E-state index contributed by atoms with van der Waals surface area (Å²) in [6.45, 7) is 4.09. The van der Waals surface area contributed by atoms with E-state index in [0.717, 1.165) is 36.6 Å². The van der Waals surface area contributed by atoms with Crippen LogP contribution in [0.5, 0.6) is 0 Å². The van der Waals surface area contributed by atoms with Gasteiger partial charge in [0.25, 0.3) is 0 Å². The number of benzene rings is 1. The molecule has 4 nitrogen and oxygen atoms in total. The third kappa shape index (κ3) is 7.21. The van der Waals surface area contributed by atoms with Gasteiger partial charge in [-0.1, -0.05) is 61.9 Å². The van der Waals surface area contributed by atoms with Crippen molar-refractivity contribution in [1.82, 2.24) is 4.72 Å². The first-order chi connectivity index (χ1) is 11.4. The smallest absolute Gasteiger partial charge is 0.240 e. The molecular weight excluding hydrogens is 390 g/mol. The molecule has 6 heteroatoms. The molecule has 0 saturated carbocycles. The van der Waals surface area contributed by atoms with Crippen LogP contribution >= 0.6 is 15.9 Å². The monoisotopic (exact) mass is 419 g/mol. The van der Waals surface area contributed by atoms with E-state index >= 15 is 0 Å². The van der Waals surface area contributed by atoms with E-state index < -0.39 is 16.1 Å². The first kappa shape index (κ1) is 21.6. The van der Waals surface area contributed by atoms with Crippen molar-refractivity contribution in [3.63, 3.8) is 0 Å². The number of hydrogen-bond donors (Lipinski definition) is 2. The molecule has 138 valence electrons. The van der Waals surface area contributed by atoms with Gasteiger partial charge in [0.15, 0.2) is 0 Å². The normalized spacial score (nSPS) is 14.5. The molecule has 2 N–H and O–H groups in total. The van der Waals surface area contributed by atoms with Crippen LogP contribution in [0.4, 0.5) is 0 Å². The lowest BCUT2D eigenvalue weighted by Gasteiger charge is -2.26. The van der Waals surface area contributed by atoms with Crippen LogP contribution in [-0.4, -0.2) is 26.2 Å². The van der Waals surface area contributed by atoms with E-state index in [2.05, 4.69) is 34.5 Å². The topological polar surface area (TPSA) is 66.4 Å². The maximum atomic E-state index is 12.6. The summed E-state index contributed by atoms with van der Waals surface area (Å²) < 4.78 is 28.7. The standard InChI is InChI=1S/C18H30BrNO3S/c1-3-5-6-7-9-15(8-4-2)18(14-21)20-24(22,23)17-12-10-16(19)11-13-17/h10-13,15,18,20-21H,3-9,14H2,1-2H3. The van der Waals surface area contributed by atoms with Crippen molar-refractivity contribution in [3.8, 4) is 0 Å². The highest BCUT2D eigenvalue weighted by Crippen LogP contribution is 2.22. The molecule has 0 aliphatic heterocycles. The number of sulfonamides is 1. The highest BCUT2D eigenvalue weighted by atomic mass is 79.9. The molecule has 0 aliphatic carbocycles. The SMILES string of the molecule is CCCCCCC(CCC)C(CO)NS(=O)(=O)c1ccc(Br)cc1. The van der Waals surface area contributed by atoms with Gasteiger partial charge in [-0.25, -0.2) is 13.1 Å². The lowest BCUT2D eigenvalue weighted by molar-refractivity contribution is 0.200. The van der Waals surface area contributed by atoms with Crippen molar-refractivity contribution in [2.75, 3.05) is 6.61 Å². The predicted octanol–water partition coefficient (Wildman–Crippen LogP) is 4.48. The van der Waals surface area contributed by atoms with Crippen LogP contribution in [0.1, 0.15) is 58.8 Å². The maximum Gasteiger partial charge on any atom is 0.240 e. The molecule has 0 aromatic heterocycles. The average Bonchev–Trinajstić information content (AvgIpc) is 2.56. The summed E-state index contributed by atoms with van der Waals surface area (Å²) in [6.07, 6.45) is 7.46. The van der Waals surface area contributed by atoms with Gasteiger partial charge in [0.1, 0.15) is 0 Å². The molecule has 0 amide bonds. The van der Waals surface area contributed by atoms with Gasteiger partial charge in [-0.3, -0.25) is 0 Å². The molecule has 0 fully saturated rings. The quantitative estimate of drug-likeness (QED) is 0.490. The number of unbranched alkanes of at least 4 members (excludes halogenated alkanes) is 3. The van der Waals surface area contributed by atoms with Crippen molar-refractivity contribution < 1.29 is 13.5 Å². The number of halogens is 1. The zero-order valence-corrected chi connectivity index (χ0v) is 17.1. The minimum absolute atomic E-state index is 0.169. The summed E-state index contributed by atoms with van der Waals surface area (Å²) >= 11 is 3.31. The Balaban J connectivity index is 2.78. The average molecular weight is 420 g/mol. The third-order valence-electron chi connectivity index (χ3n) is 4.28. The second-order valence-corrected chi connectivity index (χ2v) is 8.89. The fourth-order valence-corrected chi connectivity index (χ4v) is 4.47. The van der Waals surface area contributed by atoms with Crippen molar-refractivity contribution >= 4 is 26.0 Å². The van der Waals surface area contributed by atoms with Crippen LogP contribution in [0.2, 0.25) is 0 Å². The van der Waals surface area contributed by atoms with Gasteiger partial charge >= 0.3 is 0 Å². The Hall–Kier alpha value is -0.430. The first-order valence-corrected chi connectivity index (χ1v) is 11.1. The summed E-state index contributed by atoms with van der Waals surface area (Å²) in [5, 5.41) is 9.75. The molecule has 0 spiro atoms. The summed E-state index contributed by atoms with van der Waals surface area (Å²) in [4.78, 5) is 0.227. The van der Waals surface area contributed by atoms with Gasteiger partial charge < -0.3 is 5.11 Å². The number of nitrogens with one attached hydrogen (secondary N) is 1. The van der Waals surface area contributed by atoms with E-state index in [1.165, 1.54) is 12.8 Å². The number of rotatable bonds is 12. The van der Waals surface area contributed by atoms with Crippen LogP contribution < -0.4 is 4.72 Å². The van der Waals surface area contributed by atoms with Crippen LogP contribution in [-0.2, 0) is 10.0 Å². The molecule has 0 aliphatic rings. The van der Waals surface area contributed by atoms with Gasteiger partial charge in [-0.2, -0.15) is 0 Å². The highest BCUT2D eigenvalue weighted by molar-refractivity contribution is 9.10. The molecule has 1 aromatic carbocycles. The van der Waals surface area contributed by atoms with Crippen LogP contribution in [0.25, 0.3) is 0 Å². The Morgan fingerprint density at radius 3 is 2.25 bits per heavy atom. The predicted molar refractivity (Wildman–Crippen MR) is 102 cm³/mol. The van der Waals surface area contributed by atoms with Crippen molar-refractivity contribution in [1.29, 1.82) is 0 Å². The Morgan fingerprint density at radius 1 is 1.04 bits per heavy atom. The lowest BCUT2D eigenvalue weighted by Crippen LogP contribution is -2.42. The van der Waals surface area contributed by atoms with Gasteiger partial charge in [0, 0.05) is 10.5 Å². The van der Waals surface area contributed by atoms with E-state index in [0.29, 0.717) is 0 Å². The number of hydrogen-bond acceptors (Lipinski definition) is 3. The molecular formula is C18H30BrNO3S. The fraction of sp³-hybridized carbons (Fsp3) is 0.667. The minimum Gasteiger partial charge on any atom is -0.395 e. The summed E-state index contributed by atoms with van der Waals surface area (Å²) in [6, 6.07) is 6.11. The second-order valence-electron chi connectivity index (χ2n) is 6.26. The zero-order chi connectivity index (χ0) is 18.0. The molecule has 24 heavy (non-hydrogen) atoms. The lowest BCUT2D eigenvalue weighted by atomic mass is 9.90. The molecule has 2 atom stereocenters. The minimum atomic E-state index is -3.62. The molecule has 0 saturated heterocycles. The molecule has 1 aromatic rings. The molecule has 1 rings (SSSR count). The summed E-state index contributed by atoms with van der Waals surface area (Å²) in [5.41, 5.74) is 0. The van der Waals surface area contributed by atoms with Gasteiger partial charge in [0.2, 0.25) is 10.0 Å². The van der Waals surface area contributed by atoms with E-state index in [4.69, 9.17) is 0 Å². The van der Waals surface area contributed by atoms with Gasteiger partial charge in [-0.15, -0.1) is 0 Å². The Labute approximate surface area is 155 Å². The molecule has 0 radical (unpaired) electrons. The largest absolute Gasteiger partial charge is 0.395 e.